The number of benzene rings is 2. The molecule has 2 aliphatic heterocycles. The number of aromatic hydroxyl groups is 2. The van der Waals surface area contributed by atoms with Gasteiger partial charge in [0.15, 0.2) is 21.3 Å². The Morgan fingerprint density at radius 1 is 0.640 bits per heavy atom. The van der Waals surface area contributed by atoms with Gasteiger partial charge in [0.25, 0.3) is 0 Å². The molecule has 4 heteroatoms. The van der Waals surface area contributed by atoms with Gasteiger partial charge in [-0.1, -0.05) is 12.1 Å². The smallest absolute Gasteiger partial charge is 0.196 e. The van der Waals surface area contributed by atoms with Gasteiger partial charge in [0.05, 0.1) is 0 Å². The maximum absolute atomic E-state index is 10.3. The van der Waals surface area contributed by atoms with Crippen LogP contribution < -0.4 is 0 Å². The van der Waals surface area contributed by atoms with Crippen LogP contribution in [0.2, 0.25) is 0 Å². The fraction of sp³-hybridized carbons (Fsp3) is 0.429. The van der Waals surface area contributed by atoms with Crippen LogP contribution >= 0.6 is 0 Å². The third kappa shape index (κ3) is 3.80. The molecule has 0 radical (unpaired) electrons. The van der Waals surface area contributed by atoms with Crippen molar-refractivity contribution in [1.29, 1.82) is 0 Å². The number of hydrogen-bond donors (Lipinski definition) is 2. The molecule has 0 spiro atoms. The molecule has 2 fully saturated rings. The molecule has 2 saturated heterocycles. The van der Waals surface area contributed by atoms with Gasteiger partial charge in [0.2, 0.25) is 0 Å². The van der Waals surface area contributed by atoms with E-state index in [1.165, 1.54) is 59.8 Å². The van der Waals surface area contributed by atoms with Gasteiger partial charge in [-0.3, -0.25) is 0 Å². The molecular weight excluding hydrogens is 348 g/mol. The Labute approximate surface area is 156 Å². The molecule has 0 atom stereocenters. The van der Waals surface area contributed by atoms with Crippen LogP contribution in [0.25, 0.3) is 0 Å². The molecule has 25 heavy (non-hydrogen) atoms. The minimum Gasteiger partial charge on any atom is -0.503 e. The van der Waals surface area contributed by atoms with Crippen LogP contribution in [-0.2, 0) is 28.2 Å². The first kappa shape index (κ1) is 17.2. The first-order chi connectivity index (χ1) is 12.2. The van der Waals surface area contributed by atoms with E-state index in [0.29, 0.717) is 11.5 Å². The maximum Gasteiger partial charge on any atom is 0.196 e. The Hall–Kier alpha value is -1.26. The second kappa shape index (κ2) is 7.55. The zero-order chi connectivity index (χ0) is 17.2. The lowest BCUT2D eigenvalue weighted by Gasteiger charge is -2.09. The van der Waals surface area contributed by atoms with Gasteiger partial charge in [0.1, 0.15) is 23.0 Å². The average molecular weight is 375 g/mol. The van der Waals surface area contributed by atoms with Crippen molar-refractivity contribution < 1.29 is 10.2 Å². The Morgan fingerprint density at radius 3 is 1.44 bits per heavy atom. The van der Waals surface area contributed by atoms with Crippen LogP contribution in [0, 0.1) is 0 Å². The molecule has 4 rings (SSSR count). The lowest BCUT2D eigenvalue weighted by atomic mass is 10.0. The molecule has 0 amide bonds. The fourth-order valence-electron chi connectivity index (χ4n) is 3.78. The van der Waals surface area contributed by atoms with E-state index in [0.717, 1.165) is 16.2 Å². The highest BCUT2D eigenvalue weighted by Gasteiger charge is 2.31. The van der Waals surface area contributed by atoms with E-state index in [4.69, 9.17) is 0 Å². The highest BCUT2D eigenvalue weighted by Crippen LogP contribution is 2.33. The zero-order valence-corrected chi connectivity index (χ0v) is 16.2. The standard InChI is InChI=1S/C21H24O2S2/c22-18-7-5-16(14-20(18)24-9-1-2-10-24)13-17-6-8-19(23)21(15-17)25-11-3-4-12-25/h5-8,14-15H,1-4,9-13H2/p+2. The Kier molecular flexibility index (Phi) is 5.18. The minimum atomic E-state index is 0.231. The van der Waals surface area contributed by atoms with E-state index in [2.05, 4.69) is 12.1 Å². The highest BCUT2D eigenvalue weighted by atomic mass is 32.2. The fourth-order valence-corrected chi connectivity index (χ4v) is 8.65. The largest absolute Gasteiger partial charge is 0.503 e. The van der Waals surface area contributed by atoms with Gasteiger partial charge in [-0.2, -0.15) is 0 Å². The monoisotopic (exact) mass is 374 g/mol. The Morgan fingerprint density at radius 2 is 1.04 bits per heavy atom. The average Bonchev–Trinajstić information content (AvgIpc) is 3.31. The van der Waals surface area contributed by atoms with Crippen molar-refractivity contribution in [3.05, 3.63) is 47.5 Å². The van der Waals surface area contributed by atoms with Crippen LogP contribution in [0.5, 0.6) is 11.5 Å². The minimum absolute atomic E-state index is 0.231. The zero-order valence-electron chi connectivity index (χ0n) is 14.5. The summed E-state index contributed by atoms with van der Waals surface area (Å²) in [6.07, 6.45) is 6.02. The summed E-state index contributed by atoms with van der Waals surface area (Å²) in [4.78, 5) is 2.32. The summed E-state index contributed by atoms with van der Waals surface area (Å²) in [5.41, 5.74) is 2.53. The predicted molar refractivity (Wildman–Crippen MR) is 108 cm³/mol. The van der Waals surface area contributed by atoms with Crippen molar-refractivity contribution >= 4 is 21.8 Å². The van der Waals surface area contributed by atoms with Crippen LogP contribution in [0.1, 0.15) is 36.8 Å². The van der Waals surface area contributed by atoms with E-state index in [-0.39, 0.29) is 21.8 Å². The quantitative estimate of drug-likeness (QED) is 0.786. The third-order valence-electron chi connectivity index (χ3n) is 5.14. The van der Waals surface area contributed by atoms with E-state index in [1.807, 2.05) is 24.3 Å². The Bertz CT molecular complexity index is 684. The van der Waals surface area contributed by atoms with Gasteiger partial charge in [-0.15, -0.1) is 0 Å². The lowest BCUT2D eigenvalue weighted by molar-refractivity contribution is 0.461. The number of rotatable bonds is 4. The lowest BCUT2D eigenvalue weighted by Crippen LogP contribution is -2.06. The highest BCUT2D eigenvalue weighted by molar-refractivity contribution is 7.97. The summed E-state index contributed by atoms with van der Waals surface area (Å²) in [5, 5.41) is 20.5. The summed E-state index contributed by atoms with van der Waals surface area (Å²) in [6, 6.07) is 12.3. The molecule has 2 heterocycles. The van der Waals surface area contributed by atoms with Crippen molar-refractivity contribution in [2.45, 2.75) is 41.9 Å². The molecule has 0 saturated carbocycles. The molecule has 132 valence electrons. The normalized spacial score (nSPS) is 18.9. The predicted octanol–water partition coefficient (Wildman–Crippen LogP) is 4.23. The van der Waals surface area contributed by atoms with Crippen molar-refractivity contribution in [2.75, 3.05) is 23.0 Å². The number of phenolic OH excluding ortho intramolecular Hbond substituents is 2. The molecule has 0 aliphatic carbocycles. The van der Waals surface area contributed by atoms with Crippen LogP contribution in [-0.4, -0.2) is 33.2 Å². The molecule has 2 nitrogen and oxygen atoms in total. The van der Waals surface area contributed by atoms with Gasteiger partial charge >= 0.3 is 0 Å². The van der Waals surface area contributed by atoms with E-state index < -0.39 is 0 Å². The Balaban J connectivity index is 1.57. The topological polar surface area (TPSA) is 40.5 Å². The van der Waals surface area contributed by atoms with Crippen molar-refractivity contribution in [3.63, 3.8) is 0 Å². The summed E-state index contributed by atoms with van der Waals surface area (Å²) < 4.78 is 0. The second-order valence-corrected chi connectivity index (χ2v) is 11.5. The molecule has 2 aromatic carbocycles. The van der Waals surface area contributed by atoms with Crippen molar-refractivity contribution in [2.24, 2.45) is 0 Å². The van der Waals surface area contributed by atoms with Gasteiger partial charge in [-0.25, -0.2) is 0 Å². The van der Waals surface area contributed by atoms with Crippen LogP contribution in [0.3, 0.4) is 0 Å². The first-order valence-corrected chi connectivity index (χ1v) is 12.3. The van der Waals surface area contributed by atoms with Crippen molar-refractivity contribution in [1.82, 2.24) is 0 Å². The van der Waals surface area contributed by atoms with E-state index >= 15 is 0 Å². The van der Waals surface area contributed by atoms with Gasteiger partial charge < -0.3 is 10.2 Å². The summed E-state index contributed by atoms with van der Waals surface area (Å²) >= 11 is 0. The van der Waals surface area contributed by atoms with E-state index in [9.17, 15) is 10.2 Å². The molecule has 0 aromatic heterocycles. The third-order valence-corrected chi connectivity index (χ3v) is 10.2. The molecule has 2 aliphatic rings. The first-order valence-electron chi connectivity index (χ1n) is 9.19. The molecule has 2 N–H and O–H groups in total. The van der Waals surface area contributed by atoms with Crippen LogP contribution in [0.4, 0.5) is 0 Å². The summed E-state index contributed by atoms with van der Waals surface area (Å²) in [6.45, 7) is 0. The molecule has 0 unspecified atom stereocenters. The second-order valence-electron chi connectivity index (χ2n) is 7.00. The number of phenols is 2. The van der Waals surface area contributed by atoms with Gasteiger partial charge in [-0.05, 0) is 55.4 Å². The van der Waals surface area contributed by atoms with E-state index in [1.54, 1.807) is 0 Å². The SMILES string of the molecule is Oc1ccc(Cc2ccc(O)c([S+]3CCCC3)c2)cc1[S+]1CCCC1. The molecule has 0 bridgehead atoms. The van der Waals surface area contributed by atoms with Crippen LogP contribution in [0.15, 0.2) is 46.2 Å². The summed E-state index contributed by atoms with van der Waals surface area (Å²) in [5.74, 6) is 5.83. The van der Waals surface area contributed by atoms with Crippen molar-refractivity contribution in [3.8, 4) is 11.5 Å². The molecular formula is C21H26O2S2+2. The summed E-state index contributed by atoms with van der Waals surface area (Å²) in [7, 11) is 0.462. The molecule has 2 aromatic rings. The van der Waals surface area contributed by atoms with Gasteiger partial charge in [0, 0.05) is 33.9 Å². The number of hydrogen-bond acceptors (Lipinski definition) is 2. The maximum atomic E-state index is 10.3.